The summed E-state index contributed by atoms with van der Waals surface area (Å²) in [5.74, 6) is 3.89. The van der Waals surface area contributed by atoms with Crippen LogP contribution in [0.1, 0.15) is 130 Å². The molecular weight excluding hydrogens is 396 g/mol. The van der Waals surface area contributed by atoms with Crippen molar-refractivity contribution in [3.63, 3.8) is 0 Å². The first-order valence-corrected chi connectivity index (χ1v) is 13.6. The van der Waals surface area contributed by atoms with E-state index in [1.54, 1.807) is 16.7 Å². The molecule has 0 fully saturated rings. The molecule has 0 heteroatoms. The van der Waals surface area contributed by atoms with Crippen molar-refractivity contribution < 1.29 is 0 Å². The van der Waals surface area contributed by atoms with E-state index in [9.17, 15) is 0 Å². The zero-order chi connectivity index (χ0) is 25.0. The van der Waals surface area contributed by atoms with Crippen molar-refractivity contribution in [3.8, 4) is 0 Å². The summed E-state index contributed by atoms with van der Waals surface area (Å²) < 4.78 is 0. The molecule has 2 aromatic carbocycles. The van der Waals surface area contributed by atoms with Crippen LogP contribution in [0.25, 0.3) is 0 Å². The molecule has 5 unspecified atom stereocenters. The minimum Gasteiger partial charge on any atom is -0.0648 e. The van der Waals surface area contributed by atoms with Crippen LogP contribution in [-0.4, -0.2) is 0 Å². The lowest BCUT2D eigenvalue weighted by atomic mass is 9.72. The summed E-state index contributed by atoms with van der Waals surface area (Å²) in [6.45, 7) is 28.5. The SMILES string of the molecule is CCC(CC(C)C(C)c1cc(C)ccc1C)c1cc(C)c(C)c(C)c1C(C)C(C)CC(C)C. The zero-order valence-corrected chi connectivity index (χ0v) is 23.9. The van der Waals surface area contributed by atoms with Gasteiger partial charge in [0, 0.05) is 0 Å². The van der Waals surface area contributed by atoms with Gasteiger partial charge in [-0.2, -0.15) is 0 Å². The van der Waals surface area contributed by atoms with Crippen molar-refractivity contribution >= 4 is 0 Å². The summed E-state index contributed by atoms with van der Waals surface area (Å²) in [6.07, 6.45) is 3.76. The molecule has 2 aromatic rings. The Kier molecular flexibility index (Phi) is 9.83. The van der Waals surface area contributed by atoms with Crippen LogP contribution in [0.15, 0.2) is 24.3 Å². The second-order valence-electron chi connectivity index (χ2n) is 11.8. The Bertz CT molecular complexity index is 916. The van der Waals surface area contributed by atoms with Crippen molar-refractivity contribution in [2.75, 3.05) is 0 Å². The molecule has 0 saturated heterocycles. The van der Waals surface area contributed by atoms with Gasteiger partial charge in [0.05, 0.1) is 0 Å². The van der Waals surface area contributed by atoms with Gasteiger partial charge in [-0.15, -0.1) is 0 Å². The summed E-state index contributed by atoms with van der Waals surface area (Å²) in [5.41, 5.74) is 12.1. The molecule has 0 N–H and O–H groups in total. The fraction of sp³-hybridized carbons (Fsp3) is 0.636. The molecule has 0 aliphatic heterocycles. The van der Waals surface area contributed by atoms with Crippen LogP contribution in [0.3, 0.4) is 0 Å². The van der Waals surface area contributed by atoms with Gasteiger partial charge in [0.25, 0.3) is 0 Å². The van der Waals surface area contributed by atoms with Gasteiger partial charge in [0.15, 0.2) is 0 Å². The Morgan fingerprint density at radius 2 is 1.24 bits per heavy atom. The van der Waals surface area contributed by atoms with E-state index in [1.165, 1.54) is 47.1 Å². The summed E-state index contributed by atoms with van der Waals surface area (Å²) >= 11 is 0. The minimum absolute atomic E-state index is 0.576. The average molecular weight is 449 g/mol. The Morgan fingerprint density at radius 3 is 1.82 bits per heavy atom. The maximum absolute atomic E-state index is 2.56. The topological polar surface area (TPSA) is 0 Å². The molecular formula is C33H52. The molecule has 184 valence electrons. The first-order chi connectivity index (χ1) is 15.4. The molecule has 0 aromatic heterocycles. The van der Waals surface area contributed by atoms with E-state index in [-0.39, 0.29) is 0 Å². The normalized spacial score (nSPS) is 16.5. The Hall–Kier alpha value is -1.56. The van der Waals surface area contributed by atoms with Gasteiger partial charge in [-0.1, -0.05) is 78.3 Å². The van der Waals surface area contributed by atoms with Crippen LogP contribution in [0.4, 0.5) is 0 Å². The van der Waals surface area contributed by atoms with Crippen LogP contribution >= 0.6 is 0 Å². The molecule has 0 aliphatic carbocycles. The number of rotatable bonds is 10. The third-order valence-corrected chi connectivity index (χ3v) is 8.76. The van der Waals surface area contributed by atoms with E-state index in [0.717, 1.165) is 5.92 Å². The minimum atomic E-state index is 0.576. The van der Waals surface area contributed by atoms with Crippen LogP contribution in [0.2, 0.25) is 0 Å². The zero-order valence-electron chi connectivity index (χ0n) is 23.9. The van der Waals surface area contributed by atoms with Gasteiger partial charge < -0.3 is 0 Å². The second-order valence-corrected chi connectivity index (χ2v) is 11.8. The van der Waals surface area contributed by atoms with Gasteiger partial charge in [-0.05, 0) is 128 Å². The lowest BCUT2D eigenvalue weighted by molar-refractivity contribution is 0.376. The van der Waals surface area contributed by atoms with Crippen molar-refractivity contribution in [2.24, 2.45) is 17.8 Å². The van der Waals surface area contributed by atoms with Gasteiger partial charge in [-0.25, -0.2) is 0 Å². The number of hydrogen-bond donors (Lipinski definition) is 0. The van der Waals surface area contributed by atoms with Crippen LogP contribution in [-0.2, 0) is 0 Å². The summed E-state index contributed by atoms with van der Waals surface area (Å²) in [4.78, 5) is 0. The van der Waals surface area contributed by atoms with Gasteiger partial charge in [-0.3, -0.25) is 0 Å². The smallest absolute Gasteiger partial charge is 0.0159 e. The van der Waals surface area contributed by atoms with E-state index >= 15 is 0 Å². The van der Waals surface area contributed by atoms with Crippen LogP contribution < -0.4 is 0 Å². The molecule has 0 amide bonds. The van der Waals surface area contributed by atoms with E-state index in [1.807, 2.05) is 0 Å². The number of aryl methyl sites for hydroxylation is 3. The molecule has 0 saturated carbocycles. The standard InChI is InChI=1S/C33H52/c1-13-30(18-24(7)27(10)31-17-21(4)14-15-22(31)5)32-19-25(8)26(9)29(12)33(32)28(11)23(6)16-20(2)3/h14-15,17,19-20,23-24,27-28,30H,13,16,18H2,1-12H3. The van der Waals surface area contributed by atoms with Crippen molar-refractivity contribution in [1.82, 2.24) is 0 Å². The van der Waals surface area contributed by atoms with Crippen LogP contribution in [0, 0.1) is 52.4 Å². The number of hydrogen-bond acceptors (Lipinski definition) is 0. The molecule has 0 aliphatic rings. The number of benzene rings is 2. The highest BCUT2D eigenvalue weighted by molar-refractivity contribution is 5.48. The van der Waals surface area contributed by atoms with Crippen molar-refractivity contribution in [1.29, 1.82) is 0 Å². The highest BCUT2D eigenvalue weighted by Crippen LogP contribution is 2.42. The molecule has 33 heavy (non-hydrogen) atoms. The third-order valence-electron chi connectivity index (χ3n) is 8.76. The Balaban J connectivity index is 2.44. The predicted octanol–water partition coefficient (Wildman–Crippen LogP) is 10.3. The van der Waals surface area contributed by atoms with Gasteiger partial charge >= 0.3 is 0 Å². The third kappa shape index (κ3) is 6.52. The average Bonchev–Trinajstić information content (AvgIpc) is 2.75. The highest BCUT2D eigenvalue weighted by atomic mass is 14.3. The van der Waals surface area contributed by atoms with Gasteiger partial charge in [0.2, 0.25) is 0 Å². The monoisotopic (exact) mass is 448 g/mol. The van der Waals surface area contributed by atoms with Crippen LogP contribution in [0.5, 0.6) is 0 Å². The molecule has 5 atom stereocenters. The largest absolute Gasteiger partial charge is 0.0648 e. The second kappa shape index (κ2) is 11.7. The molecule has 2 rings (SSSR count). The van der Waals surface area contributed by atoms with Crippen molar-refractivity contribution in [2.45, 2.75) is 120 Å². The van der Waals surface area contributed by atoms with E-state index in [4.69, 9.17) is 0 Å². The maximum atomic E-state index is 2.56. The van der Waals surface area contributed by atoms with E-state index in [2.05, 4.69) is 107 Å². The molecule has 0 nitrogen and oxygen atoms in total. The highest BCUT2D eigenvalue weighted by Gasteiger charge is 2.27. The first-order valence-electron chi connectivity index (χ1n) is 13.6. The maximum Gasteiger partial charge on any atom is -0.0159 e. The summed E-state index contributed by atoms with van der Waals surface area (Å²) in [7, 11) is 0. The Labute approximate surface area is 206 Å². The lowest BCUT2D eigenvalue weighted by Crippen LogP contribution is -2.18. The van der Waals surface area contributed by atoms with E-state index < -0.39 is 0 Å². The Morgan fingerprint density at radius 1 is 0.636 bits per heavy atom. The fourth-order valence-electron chi connectivity index (χ4n) is 6.03. The molecule has 0 heterocycles. The predicted molar refractivity (Wildman–Crippen MR) is 149 cm³/mol. The molecule has 0 radical (unpaired) electrons. The quantitative estimate of drug-likeness (QED) is 0.339. The fourth-order valence-corrected chi connectivity index (χ4v) is 6.03. The summed E-state index contributed by atoms with van der Waals surface area (Å²) in [5, 5.41) is 0. The molecule has 0 spiro atoms. The van der Waals surface area contributed by atoms with Crippen molar-refractivity contribution in [3.05, 3.63) is 68.8 Å². The molecule has 0 bridgehead atoms. The summed E-state index contributed by atoms with van der Waals surface area (Å²) in [6, 6.07) is 9.52. The van der Waals surface area contributed by atoms with Gasteiger partial charge in [0.1, 0.15) is 0 Å². The van der Waals surface area contributed by atoms with E-state index in [0.29, 0.717) is 29.6 Å². The first kappa shape index (κ1) is 27.7. The lowest BCUT2D eigenvalue weighted by Gasteiger charge is -2.33.